The zero-order chi connectivity index (χ0) is 31.5. The Bertz CT molecular complexity index is 1290. The lowest BCUT2D eigenvalue weighted by Gasteiger charge is -2.36. The summed E-state index contributed by atoms with van der Waals surface area (Å²) in [6, 6.07) is 8.71. The number of rotatable bonds is 13. The van der Waals surface area contributed by atoms with E-state index in [0.717, 1.165) is 43.4 Å². The molecule has 0 saturated heterocycles. The molecule has 2 N–H and O–H groups in total. The average Bonchev–Trinajstić information content (AvgIpc) is 2.97. The molecule has 1 heterocycles. The summed E-state index contributed by atoms with van der Waals surface area (Å²) in [5.41, 5.74) is 2.34. The van der Waals surface area contributed by atoms with Crippen LogP contribution >= 0.6 is 0 Å². The van der Waals surface area contributed by atoms with E-state index >= 15 is 0 Å². The average molecular weight is 590 g/mol. The Morgan fingerprint density at radius 1 is 1.16 bits per heavy atom. The quantitative estimate of drug-likeness (QED) is 0.313. The van der Waals surface area contributed by atoms with Gasteiger partial charge in [-0.2, -0.15) is 10.2 Å². The van der Waals surface area contributed by atoms with Crippen LogP contribution in [0.5, 0.6) is 5.88 Å². The number of ether oxygens (including phenoxy) is 1. The van der Waals surface area contributed by atoms with Crippen molar-refractivity contribution in [2.75, 3.05) is 33.0 Å². The van der Waals surface area contributed by atoms with Gasteiger partial charge in [0.25, 0.3) is 0 Å². The van der Waals surface area contributed by atoms with Crippen molar-refractivity contribution in [1.29, 1.82) is 5.26 Å². The number of nitriles is 1. The van der Waals surface area contributed by atoms with Crippen LogP contribution in [0.4, 0.5) is 11.6 Å². The molecule has 3 rings (SSSR count). The van der Waals surface area contributed by atoms with Crippen LogP contribution in [0.2, 0.25) is 0 Å². The summed E-state index contributed by atoms with van der Waals surface area (Å²) in [5, 5.41) is 15.5. The zero-order valence-electron chi connectivity index (χ0n) is 26.6. The van der Waals surface area contributed by atoms with Gasteiger partial charge in [-0.1, -0.05) is 19.4 Å². The Kier molecular flexibility index (Phi) is 12.5. The van der Waals surface area contributed by atoms with Gasteiger partial charge >= 0.3 is 0 Å². The first-order chi connectivity index (χ1) is 20.5. The minimum absolute atomic E-state index is 0.0308. The number of hydrogen-bond donors (Lipinski definition) is 2. The second-order valence-electron chi connectivity index (χ2n) is 11.9. The number of benzene rings is 1. The van der Waals surface area contributed by atoms with Gasteiger partial charge in [0.1, 0.15) is 6.04 Å². The van der Waals surface area contributed by atoms with E-state index in [1.54, 1.807) is 32.2 Å². The van der Waals surface area contributed by atoms with E-state index in [0.29, 0.717) is 29.9 Å². The summed E-state index contributed by atoms with van der Waals surface area (Å²) in [5.74, 6) is 1.16. The third-order valence-electron chi connectivity index (χ3n) is 7.91. The highest BCUT2D eigenvalue weighted by molar-refractivity contribution is 5.92. The number of aromatic nitrogens is 2. The van der Waals surface area contributed by atoms with Crippen molar-refractivity contribution < 1.29 is 14.3 Å². The summed E-state index contributed by atoms with van der Waals surface area (Å²) in [6.45, 7) is 8.55. The number of amides is 2. The van der Waals surface area contributed by atoms with Crippen molar-refractivity contribution in [2.24, 2.45) is 5.92 Å². The van der Waals surface area contributed by atoms with Gasteiger partial charge in [0.2, 0.25) is 23.6 Å². The molecule has 1 aromatic heterocycles. The Hall–Kier alpha value is -3.97. The van der Waals surface area contributed by atoms with Crippen molar-refractivity contribution in [3.8, 4) is 11.9 Å². The third kappa shape index (κ3) is 9.79. The molecule has 43 heavy (non-hydrogen) atoms. The molecular formula is C33H47N7O3. The standard InChI is InChI=1S/C33H47N7O3/c1-8-28(29-21-35-33(38-32(29)43-22(2)3)37-26-16-14-24(20-34)15-17-26)25-11-9-12-27(19-25)36-31(42)23(4)40(7)30(41)13-10-18-39(5)6/h10,13-17,21-23,25,27-28H,8-9,11-12,18-19H2,1-7H3,(H,36,42)(H,35,37,38)/b13-10+/t23-,25+,27-,28?/m0/s1. The highest BCUT2D eigenvalue weighted by Gasteiger charge is 2.33. The number of carbonyl (C=O) groups is 2. The van der Waals surface area contributed by atoms with Crippen LogP contribution in [-0.4, -0.2) is 77.5 Å². The minimum atomic E-state index is -0.575. The first kappa shape index (κ1) is 33.5. The van der Waals surface area contributed by atoms with Gasteiger partial charge in [0.15, 0.2) is 0 Å². The Labute approximate surface area is 256 Å². The minimum Gasteiger partial charge on any atom is -0.475 e. The third-order valence-corrected chi connectivity index (χ3v) is 7.91. The smallest absolute Gasteiger partial charge is 0.246 e. The predicted molar refractivity (Wildman–Crippen MR) is 169 cm³/mol. The first-order valence-electron chi connectivity index (χ1n) is 15.2. The van der Waals surface area contributed by atoms with Gasteiger partial charge in [-0.25, -0.2) is 4.98 Å². The van der Waals surface area contributed by atoms with Crippen LogP contribution in [0.25, 0.3) is 0 Å². The molecule has 1 aliphatic carbocycles. The molecule has 1 unspecified atom stereocenters. The van der Waals surface area contributed by atoms with E-state index in [9.17, 15) is 9.59 Å². The number of hydrogen-bond acceptors (Lipinski definition) is 8. The normalized spacial score (nSPS) is 18.2. The molecule has 4 atom stereocenters. The zero-order valence-corrected chi connectivity index (χ0v) is 26.6. The van der Waals surface area contributed by atoms with Gasteiger partial charge in [-0.05, 0) is 96.7 Å². The van der Waals surface area contributed by atoms with E-state index in [-0.39, 0.29) is 29.9 Å². The maximum Gasteiger partial charge on any atom is 0.246 e. The number of nitrogens with zero attached hydrogens (tertiary/aromatic N) is 5. The van der Waals surface area contributed by atoms with Gasteiger partial charge in [0, 0.05) is 43.2 Å². The maximum atomic E-state index is 13.2. The summed E-state index contributed by atoms with van der Waals surface area (Å²) in [4.78, 5) is 38.5. The highest BCUT2D eigenvalue weighted by Crippen LogP contribution is 2.41. The van der Waals surface area contributed by atoms with E-state index in [1.165, 1.54) is 11.0 Å². The first-order valence-corrected chi connectivity index (χ1v) is 15.2. The SMILES string of the molecule is CCC(c1cnc(Nc2ccc(C#N)cc2)nc1OC(C)C)[C@@H]1CCC[C@H](NC(=O)[C@H](C)N(C)C(=O)/C=C/CN(C)C)C1. The molecule has 2 amide bonds. The molecule has 10 nitrogen and oxygen atoms in total. The summed E-state index contributed by atoms with van der Waals surface area (Å²) in [7, 11) is 5.54. The molecule has 232 valence electrons. The topological polar surface area (TPSA) is 123 Å². The highest BCUT2D eigenvalue weighted by atomic mass is 16.5. The summed E-state index contributed by atoms with van der Waals surface area (Å²) in [6.07, 6.45) is 9.80. The van der Waals surface area contributed by atoms with E-state index in [4.69, 9.17) is 15.0 Å². The van der Waals surface area contributed by atoms with Crippen LogP contribution in [0.15, 0.2) is 42.6 Å². The molecule has 1 saturated carbocycles. The molecule has 0 bridgehead atoms. The fourth-order valence-electron chi connectivity index (χ4n) is 5.47. The van der Waals surface area contributed by atoms with Crippen molar-refractivity contribution >= 4 is 23.5 Å². The summed E-state index contributed by atoms with van der Waals surface area (Å²) >= 11 is 0. The van der Waals surface area contributed by atoms with Gasteiger partial charge in [0.05, 0.1) is 17.7 Å². The van der Waals surface area contributed by atoms with Crippen molar-refractivity contribution in [2.45, 2.75) is 83.9 Å². The van der Waals surface area contributed by atoms with Gasteiger partial charge in [-0.15, -0.1) is 0 Å². The van der Waals surface area contributed by atoms with Crippen molar-refractivity contribution in [3.63, 3.8) is 0 Å². The molecule has 2 aromatic rings. The largest absolute Gasteiger partial charge is 0.475 e. The molecule has 0 aliphatic heterocycles. The molecule has 10 heteroatoms. The summed E-state index contributed by atoms with van der Waals surface area (Å²) < 4.78 is 6.20. The van der Waals surface area contributed by atoms with Gasteiger partial charge in [-0.3, -0.25) is 9.59 Å². The Morgan fingerprint density at radius 2 is 1.88 bits per heavy atom. The molecule has 1 aliphatic rings. The number of anilines is 2. The Balaban J connectivity index is 1.71. The van der Waals surface area contributed by atoms with Crippen molar-refractivity contribution in [1.82, 2.24) is 25.1 Å². The Morgan fingerprint density at radius 3 is 2.51 bits per heavy atom. The predicted octanol–water partition coefficient (Wildman–Crippen LogP) is 5.01. The lowest BCUT2D eigenvalue weighted by Crippen LogP contribution is -2.49. The number of nitrogens with one attached hydrogen (secondary N) is 2. The molecular weight excluding hydrogens is 542 g/mol. The fraction of sp³-hybridized carbons (Fsp3) is 0.545. The van der Waals surface area contributed by atoms with Crippen LogP contribution in [0.3, 0.4) is 0 Å². The van der Waals surface area contributed by atoms with Gasteiger partial charge < -0.3 is 25.2 Å². The number of carbonyl (C=O) groups excluding carboxylic acids is 2. The lowest BCUT2D eigenvalue weighted by atomic mass is 9.74. The lowest BCUT2D eigenvalue weighted by molar-refractivity contribution is -0.135. The number of likely N-dealkylation sites (N-methyl/N-ethyl adjacent to an activating group) is 2. The van der Waals surface area contributed by atoms with Crippen LogP contribution < -0.4 is 15.4 Å². The second-order valence-corrected chi connectivity index (χ2v) is 11.9. The maximum absolute atomic E-state index is 13.2. The molecule has 0 spiro atoms. The van der Waals surface area contributed by atoms with E-state index in [2.05, 4.69) is 28.6 Å². The fourth-order valence-corrected chi connectivity index (χ4v) is 5.47. The molecule has 0 radical (unpaired) electrons. The van der Waals surface area contributed by atoms with E-state index in [1.807, 2.05) is 51.2 Å². The molecule has 1 aromatic carbocycles. The van der Waals surface area contributed by atoms with Crippen LogP contribution in [0, 0.1) is 17.2 Å². The van der Waals surface area contributed by atoms with Crippen molar-refractivity contribution in [3.05, 3.63) is 53.7 Å². The monoisotopic (exact) mass is 589 g/mol. The second kappa shape index (κ2) is 16.0. The van der Waals surface area contributed by atoms with E-state index < -0.39 is 6.04 Å². The van der Waals surface area contributed by atoms with Crippen LogP contribution in [-0.2, 0) is 9.59 Å². The molecule has 1 fully saturated rings. The van der Waals surface area contributed by atoms with Crippen LogP contribution in [0.1, 0.15) is 76.8 Å².